The molecule has 0 aromatic heterocycles. The van der Waals surface area contributed by atoms with Crippen LogP contribution in [0.15, 0.2) is 18.2 Å². The van der Waals surface area contributed by atoms with E-state index in [0.717, 1.165) is 12.1 Å². The van der Waals surface area contributed by atoms with Crippen molar-refractivity contribution in [1.29, 1.82) is 0 Å². The minimum absolute atomic E-state index is 0.0654. The zero-order valence-electron chi connectivity index (χ0n) is 9.83. The highest BCUT2D eigenvalue weighted by Crippen LogP contribution is 2.37. The van der Waals surface area contributed by atoms with Crippen LogP contribution in [0, 0.1) is 11.6 Å². The first-order valence-corrected chi connectivity index (χ1v) is 6.08. The molecular weight excluding hydrogens is 240 g/mol. The molecule has 3 nitrogen and oxygen atoms in total. The molecule has 0 amide bonds. The normalized spacial score (nSPS) is 35.5. The minimum Gasteiger partial charge on any atom is -0.385 e. The molecule has 0 spiro atoms. The fourth-order valence-electron chi connectivity index (χ4n) is 2.94. The summed E-state index contributed by atoms with van der Waals surface area (Å²) < 4.78 is 31.6. The molecule has 2 saturated heterocycles. The minimum atomic E-state index is -1.10. The number of piperidine rings is 1. The smallest absolute Gasteiger partial charge is 0.159 e. The number of ether oxygens (including phenoxy) is 1. The summed E-state index contributed by atoms with van der Waals surface area (Å²) in [5, 5.41) is 14.0. The molecule has 2 fully saturated rings. The van der Waals surface area contributed by atoms with Crippen molar-refractivity contribution >= 4 is 0 Å². The zero-order chi connectivity index (χ0) is 12.8. The van der Waals surface area contributed by atoms with E-state index in [1.54, 1.807) is 0 Å². The molecular formula is C13H15F2NO2. The average molecular weight is 255 g/mol. The lowest BCUT2D eigenvalue weighted by molar-refractivity contribution is -0.0803. The van der Waals surface area contributed by atoms with E-state index in [2.05, 4.69) is 5.32 Å². The monoisotopic (exact) mass is 255 g/mol. The molecule has 3 rings (SSSR count). The summed E-state index contributed by atoms with van der Waals surface area (Å²) in [7, 11) is 0. The van der Waals surface area contributed by atoms with Crippen LogP contribution in [0.1, 0.15) is 18.4 Å². The molecule has 2 heterocycles. The Morgan fingerprint density at radius 2 is 1.83 bits per heavy atom. The molecule has 5 heteroatoms. The van der Waals surface area contributed by atoms with Gasteiger partial charge in [0.1, 0.15) is 0 Å². The number of benzene rings is 1. The van der Waals surface area contributed by atoms with Gasteiger partial charge in [-0.3, -0.25) is 0 Å². The van der Waals surface area contributed by atoms with E-state index in [-0.39, 0.29) is 12.1 Å². The third kappa shape index (κ3) is 2.02. The fourth-order valence-corrected chi connectivity index (χ4v) is 2.94. The molecule has 2 unspecified atom stereocenters. The van der Waals surface area contributed by atoms with Crippen LogP contribution in [0.2, 0.25) is 0 Å². The Morgan fingerprint density at radius 1 is 1.17 bits per heavy atom. The Hall–Kier alpha value is -1.04. The van der Waals surface area contributed by atoms with Crippen molar-refractivity contribution < 1.29 is 18.6 Å². The van der Waals surface area contributed by atoms with Crippen LogP contribution >= 0.6 is 0 Å². The molecule has 2 aliphatic heterocycles. The lowest BCUT2D eigenvalue weighted by Gasteiger charge is -2.45. The highest BCUT2D eigenvalue weighted by Gasteiger charge is 2.42. The number of rotatable bonds is 1. The highest BCUT2D eigenvalue weighted by atomic mass is 19.2. The van der Waals surface area contributed by atoms with Crippen LogP contribution in [0.5, 0.6) is 0 Å². The van der Waals surface area contributed by atoms with Gasteiger partial charge in [0.05, 0.1) is 18.8 Å². The summed E-state index contributed by atoms with van der Waals surface area (Å²) in [6.07, 6.45) is 0.906. The summed E-state index contributed by atoms with van der Waals surface area (Å²) in [4.78, 5) is 0. The van der Waals surface area contributed by atoms with Gasteiger partial charge in [-0.25, -0.2) is 8.78 Å². The number of fused-ring (bicyclic) bond motifs is 2. The van der Waals surface area contributed by atoms with Crippen molar-refractivity contribution in [3.63, 3.8) is 0 Å². The van der Waals surface area contributed by atoms with Gasteiger partial charge in [0.25, 0.3) is 0 Å². The number of morpholine rings is 1. The summed E-state index contributed by atoms with van der Waals surface area (Å²) in [5.41, 5.74) is -0.654. The van der Waals surface area contributed by atoms with Crippen molar-refractivity contribution in [2.75, 3.05) is 13.2 Å². The summed E-state index contributed by atoms with van der Waals surface area (Å²) in [5.74, 6) is -1.80. The lowest BCUT2D eigenvalue weighted by Crippen LogP contribution is -2.58. The van der Waals surface area contributed by atoms with Crippen molar-refractivity contribution in [3.05, 3.63) is 35.4 Å². The topological polar surface area (TPSA) is 41.5 Å². The number of nitrogens with one attached hydrogen (secondary N) is 1. The second-order valence-electron chi connectivity index (χ2n) is 5.17. The van der Waals surface area contributed by atoms with E-state index in [4.69, 9.17) is 4.74 Å². The number of hydrogen-bond acceptors (Lipinski definition) is 3. The van der Waals surface area contributed by atoms with Gasteiger partial charge in [-0.05, 0) is 30.5 Å². The SMILES string of the molecule is OC1(c2ccc(F)c(F)c2)CC2COCC(C1)N2. The van der Waals surface area contributed by atoms with Crippen LogP contribution in [0.25, 0.3) is 0 Å². The second-order valence-corrected chi connectivity index (χ2v) is 5.17. The Labute approximate surface area is 104 Å². The van der Waals surface area contributed by atoms with Gasteiger partial charge in [0.2, 0.25) is 0 Å². The Kier molecular flexibility index (Phi) is 2.84. The molecule has 1 aromatic carbocycles. The van der Waals surface area contributed by atoms with Crippen LogP contribution < -0.4 is 5.32 Å². The van der Waals surface area contributed by atoms with Crippen molar-refractivity contribution in [3.8, 4) is 0 Å². The summed E-state index contributed by atoms with van der Waals surface area (Å²) >= 11 is 0. The molecule has 2 bridgehead atoms. The van der Waals surface area contributed by atoms with Crippen LogP contribution in [0.3, 0.4) is 0 Å². The van der Waals surface area contributed by atoms with Gasteiger partial charge in [0, 0.05) is 12.1 Å². The molecule has 18 heavy (non-hydrogen) atoms. The number of hydrogen-bond donors (Lipinski definition) is 2. The van der Waals surface area contributed by atoms with E-state index < -0.39 is 17.2 Å². The lowest BCUT2D eigenvalue weighted by atomic mass is 9.78. The zero-order valence-corrected chi connectivity index (χ0v) is 9.83. The predicted octanol–water partition coefficient (Wildman–Crippen LogP) is 1.30. The van der Waals surface area contributed by atoms with Gasteiger partial charge in [0.15, 0.2) is 11.6 Å². The standard InChI is InChI=1S/C13H15F2NO2/c14-11-2-1-8(3-12(11)15)13(17)4-9-6-18-7-10(5-13)16-9/h1-3,9-10,16-17H,4-7H2. The largest absolute Gasteiger partial charge is 0.385 e. The quantitative estimate of drug-likeness (QED) is 0.795. The van der Waals surface area contributed by atoms with Crippen molar-refractivity contribution in [2.45, 2.75) is 30.5 Å². The van der Waals surface area contributed by atoms with Crippen LogP contribution in [-0.4, -0.2) is 30.4 Å². The molecule has 0 saturated carbocycles. The van der Waals surface area contributed by atoms with Crippen molar-refractivity contribution in [2.24, 2.45) is 0 Å². The number of halogens is 2. The highest BCUT2D eigenvalue weighted by molar-refractivity contribution is 5.26. The van der Waals surface area contributed by atoms with E-state index in [1.165, 1.54) is 6.07 Å². The molecule has 2 N–H and O–H groups in total. The first-order chi connectivity index (χ1) is 8.57. The molecule has 2 atom stereocenters. The Bertz CT molecular complexity index is 454. The van der Waals surface area contributed by atoms with E-state index in [0.29, 0.717) is 31.6 Å². The Morgan fingerprint density at radius 3 is 2.44 bits per heavy atom. The first-order valence-electron chi connectivity index (χ1n) is 6.08. The van der Waals surface area contributed by atoms with Gasteiger partial charge in [-0.1, -0.05) is 6.07 Å². The fraction of sp³-hybridized carbons (Fsp3) is 0.538. The second kappa shape index (κ2) is 4.26. The number of aliphatic hydroxyl groups is 1. The maximum absolute atomic E-state index is 13.3. The Balaban J connectivity index is 1.91. The van der Waals surface area contributed by atoms with Crippen LogP contribution in [0.4, 0.5) is 8.78 Å². The third-order valence-corrected chi connectivity index (χ3v) is 3.73. The summed E-state index contributed by atoms with van der Waals surface area (Å²) in [6.45, 7) is 1.09. The van der Waals surface area contributed by atoms with E-state index in [9.17, 15) is 13.9 Å². The van der Waals surface area contributed by atoms with Gasteiger partial charge in [-0.15, -0.1) is 0 Å². The van der Waals surface area contributed by atoms with Crippen LogP contribution in [-0.2, 0) is 10.3 Å². The van der Waals surface area contributed by atoms with E-state index >= 15 is 0 Å². The summed E-state index contributed by atoms with van der Waals surface area (Å²) in [6, 6.07) is 3.75. The predicted molar refractivity (Wildman–Crippen MR) is 61.0 cm³/mol. The molecule has 0 aliphatic carbocycles. The molecule has 2 aliphatic rings. The molecule has 0 radical (unpaired) electrons. The van der Waals surface area contributed by atoms with Gasteiger partial charge in [-0.2, -0.15) is 0 Å². The maximum atomic E-state index is 13.3. The third-order valence-electron chi connectivity index (χ3n) is 3.73. The molecule has 1 aromatic rings. The maximum Gasteiger partial charge on any atom is 0.159 e. The average Bonchev–Trinajstić information content (AvgIpc) is 2.32. The van der Waals surface area contributed by atoms with Gasteiger partial charge < -0.3 is 15.2 Å². The van der Waals surface area contributed by atoms with Crippen molar-refractivity contribution in [1.82, 2.24) is 5.32 Å². The van der Waals surface area contributed by atoms with E-state index in [1.807, 2.05) is 0 Å². The molecule has 98 valence electrons. The van der Waals surface area contributed by atoms with Gasteiger partial charge >= 0.3 is 0 Å². The first kappa shape index (κ1) is 12.0.